The van der Waals surface area contributed by atoms with Gasteiger partial charge in [-0.2, -0.15) is 5.10 Å². The fourth-order valence-electron chi connectivity index (χ4n) is 2.78. The Balaban J connectivity index is 1.38. The van der Waals surface area contributed by atoms with E-state index in [1.165, 1.54) is 42.4 Å². The van der Waals surface area contributed by atoms with E-state index in [1.54, 1.807) is 6.21 Å². The number of carbonyl (C=O) groups excluding carboxylic acids is 1. The van der Waals surface area contributed by atoms with E-state index in [0.29, 0.717) is 5.02 Å². The van der Waals surface area contributed by atoms with Crippen molar-refractivity contribution in [1.82, 2.24) is 10.4 Å². The fourth-order valence-corrected chi connectivity index (χ4v) is 4.54. The topological polar surface area (TPSA) is 63.6 Å². The second-order valence-electron chi connectivity index (χ2n) is 7.07. The summed E-state index contributed by atoms with van der Waals surface area (Å²) in [7, 11) is 0. The average Bonchev–Trinajstić information content (AvgIpc) is 3.28. The first-order chi connectivity index (χ1) is 15.6. The number of hydrogen-bond donors (Lipinski definition) is 1. The quantitative estimate of drug-likeness (QED) is 0.134. The highest BCUT2D eigenvalue weighted by molar-refractivity contribution is 8.01. The summed E-state index contributed by atoms with van der Waals surface area (Å²) in [6.07, 6.45) is 6.36. The van der Waals surface area contributed by atoms with Crippen LogP contribution in [0, 0.1) is 0 Å². The van der Waals surface area contributed by atoms with Gasteiger partial charge in [0.15, 0.2) is 4.34 Å². The molecule has 0 aliphatic rings. The molecule has 0 fully saturated rings. The molecular formula is C24H26ClN3O2S2. The molecule has 3 rings (SSSR count). The van der Waals surface area contributed by atoms with E-state index in [4.69, 9.17) is 16.3 Å². The molecule has 0 bridgehead atoms. The number of aromatic nitrogens is 1. The van der Waals surface area contributed by atoms with E-state index in [9.17, 15) is 4.79 Å². The smallest absolute Gasteiger partial charge is 0.250 e. The molecule has 1 heterocycles. The van der Waals surface area contributed by atoms with Gasteiger partial charge >= 0.3 is 0 Å². The van der Waals surface area contributed by atoms with Gasteiger partial charge in [-0.25, -0.2) is 10.4 Å². The number of hydrogen-bond acceptors (Lipinski definition) is 6. The van der Waals surface area contributed by atoms with Crippen molar-refractivity contribution in [3.63, 3.8) is 0 Å². The van der Waals surface area contributed by atoms with Crippen LogP contribution in [0.2, 0.25) is 5.02 Å². The third-order valence-corrected chi connectivity index (χ3v) is 6.77. The van der Waals surface area contributed by atoms with E-state index >= 15 is 0 Å². The van der Waals surface area contributed by atoms with E-state index < -0.39 is 0 Å². The van der Waals surface area contributed by atoms with Gasteiger partial charge in [0.1, 0.15) is 5.75 Å². The molecule has 1 amide bonds. The molecule has 0 aliphatic heterocycles. The van der Waals surface area contributed by atoms with Crippen molar-refractivity contribution in [2.45, 2.75) is 36.9 Å². The highest BCUT2D eigenvalue weighted by atomic mass is 35.5. The Hall–Kier alpha value is -2.35. The summed E-state index contributed by atoms with van der Waals surface area (Å²) in [4.78, 5) is 16.6. The Morgan fingerprint density at radius 3 is 2.69 bits per heavy atom. The van der Waals surface area contributed by atoms with E-state index in [0.717, 1.165) is 39.9 Å². The minimum Gasteiger partial charge on any atom is -0.494 e. The van der Waals surface area contributed by atoms with Gasteiger partial charge in [0.2, 0.25) is 0 Å². The first-order valence-electron chi connectivity index (χ1n) is 10.5. The lowest BCUT2D eigenvalue weighted by atomic mass is 10.2. The summed E-state index contributed by atoms with van der Waals surface area (Å²) in [5, 5.41) is 6.70. The Bertz CT molecular complexity index is 1000. The number of unbranched alkanes of at least 4 members (excludes halogenated alkanes) is 3. The molecule has 0 radical (unpaired) electrons. The highest BCUT2D eigenvalue weighted by Crippen LogP contribution is 2.28. The minimum absolute atomic E-state index is 0.179. The SMILES string of the molecule is CCCCCCOc1ccc(/C=N/NC(=O)CSc2nc(-c3ccc(Cl)cc3)cs2)cc1. The summed E-state index contributed by atoms with van der Waals surface area (Å²) in [5.41, 5.74) is 5.32. The molecule has 3 aromatic rings. The van der Waals surface area contributed by atoms with Crippen LogP contribution < -0.4 is 10.2 Å². The molecule has 0 aliphatic carbocycles. The standard InChI is InChI=1S/C24H26ClN3O2S2/c1-2-3-4-5-14-30-21-12-6-18(7-13-21)15-26-28-23(29)17-32-24-27-22(16-31-24)19-8-10-20(25)11-9-19/h6-13,15-16H,2-5,14,17H2,1H3,(H,28,29)/b26-15+. The van der Waals surface area contributed by atoms with Crippen molar-refractivity contribution in [2.24, 2.45) is 5.10 Å². The van der Waals surface area contributed by atoms with E-state index in [2.05, 4.69) is 22.4 Å². The zero-order chi connectivity index (χ0) is 22.6. The minimum atomic E-state index is -0.179. The Morgan fingerprint density at radius 2 is 1.94 bits per heavy atom. The maximum absolute atomic E-state index is 12.1. The number of carbonyl (C=O) groups is 1. The van der Waals surface area contributed by atoms with Gasteiger partial charge in [-0.1, -0.05) is 61.7 Å². The second-order valence-corrected chi connectivity index (χ2v) is 9.58. The largest absolute Gasteiger partial charge is 0.494 e. The van der Waals surface area contributed by atoms with Gasteiger partial charge in [0.25, 0.3) is 5.91 Å². The second kappa shape index (κ2) is 13.3. The molecule has 0 atom stereocenters. The molecule has 0 unspecified atom stereocenters. The molecule has 2 aromatic carbocycles. The van der Waals surface area contributed by atoms with Crippen LogP contribution in [0.3, 0.4) is 0 Å². The number of nitrogens with one attached hydrogen (secondary N) is 1. The van der Waals surface area contributed by atoms with Crippen LogP contribution in [0.25, 0.3) is 11.3 Å². The van der Waals surface area contributed by atoms with Crippen molar-refractivity contribution in [2.75, 3.05) is 12.4 Å². The maximum atomic E-state index is 12.1. The lowest BCUT2D eigenvalue weighted by Crippen LogP contribution is -2.19. The highest BCUT2D eigenvalue weighted by Gasteiger charge is 2.08. The Labute approximate surface area is 202 Å². The number of ether oxygens (including phenoxy) is 1. The predicted octanol–water partition coefficient (Wildman–Crippen LogP) is 6.67. The third-order valence-electron chi connectivity index (χ3n) is 4.50. The predicted molar refractivity (Wildman–Crippen MR) is 135 cm³/mol. The van der Waals surface area contributed by atoms with Gasteiger partial charge in [-0.3, -0.25) is 4.79 Å². The van der Waals surface area contributed by atoms with Crippen LogP contribution in [-0.2, 0) is 4.79 Å². The maximum Gasteiger partial charge on any atom is 0.250 e. The van der Waals surface area contributed by atoms with Crippen molar-refractivity contribution in [3.8, 4) is 17.0 Å². The molecule has 1 N–H and O–H groups in total. The molecule has 1 aromatic heterocycles. The zero-order valence-electron chi connectivity index (χ0n) is 17.9. The summed E-state index contributed by atoms with van der Waals surface area (Å²) in [6, 6.07) is 15.2. The van der Waals surface area contributed by atoms with Gasteiger partial charge in [-0.15, -0.1) is 11.3 Å². The first-order valence-corrected chi connectivity index (χ1v) is 12.8. The number of rotatable bonds is 12. The number of nitrogens with zero attached hydrogens (tertiary/aromatic N) is 2. The van der Waals surface area contributed by atoms with E-state index in [-0.39, 0.29) is 11.7 Å². The molecule has 5 nitrogen and oxygen atoms in total. The fraction of sp³-hybridized carbons (Fsp3) is 0.292. The van der Waals surface area contributed by atoms with Gasteiger partial charge in [0.05, 0.1) is 24.3 Å². The number of benzene rings is 2. The van der Waals surface area contributed by atoms with Crippen molar-refractivity contribution >= 4 is 46.8 Å². The first kappa shape index (κ1) is 24.3. The van der Waals surface area contributed by atoms with Crippen LogP contribution in [0.4, 0.5) is 0 Å². The van der Waals surface area contributed by atoms with Crippen LogP contribution in [-0.4, -0.2) is 29.5 Å². The number of amides is 1. The zero-order valence-corrected chi connectivity index (χ0v) is 20.3. The van der Waals surface area contributed by atoms with Crippen LogP contribution in [0.5, 0.6) is 5.75 Å². The van der Waals surface area contributed by atoms with Gasteiger partial charge < -0.3 is 4.74 Å². The number of hydrazone groups is 1. The summed E-state index contributed by atoms with van der Waals surface area (Å²) >= 11 is 8.82. The van der Waals surface area contributed by atoms with Crippen molar-refractivity contribution in [3.05, 3.63) is 64.5 Å². The normalized spacial score (nSPS) is 11.1. The van der Waals surface area contributed by atoms with Crippen molar-refractivity contribution in [1.29, 1.82) is 0 Å². The molecular weight excluding hydrogens is 462 g/mol. The van der Waals surface area contributed by atoms with Crippen molar-refractivity contribution < 1.29 is 9.53 Å². The number of thiazole rings is 1. The monoisotopic (exact) mass is 487 g/mol. The lowest BCUT2D eigenvalue weighted by molar-refractivity contribution is -0.118. The lowest BCUT2D eigenvalue weighted by Gasteiger charge is -2.05. The Morgan fingerprint density at radius 1 is 1.16 bits per heavy atom. The van der Waals surface area contributed by atoms with Crippen LogP contribution in [0.1, 0.15) is 38.2 Å². The summed E-state index contributed by atoms with van der Waals surface area (Å²) < 4.78 is 6.56. The van der Waals surface area contributed by atoms with E-state index in [1.807, 2.05) is 53.9 Å². The number of halogens is 1. The molecule has 168 valence electrons. The van der Waals surface area contributed by atoms with Gasteiger partial charge in [-0.05, 0) is 48.4 Å². The number of thioether (sulfide) groups is 1. The molecule has 0 spiro atoms. The molecule has 8 heteroatoms. The average molecular weight is 488 g/mol. The van der Waals surface area contributed by atoms with Crippen LogP contribution >= 0.6 is 34.7 Å². The molecule has 0 saturated heterocycles. The third kappa shape index (κ3) is 8.30. The van der Waals surface area contributed by atoms with Gasteiger partial charge in [0, 0.05) is 16.0 Å². The summed E-state index contributed by atoms with van der Waals surface area (Å²) in [5.74, 6) is 0.914. The molecule has 0 saturated carbocycles. The Kier molecular flexibility index (Phi) is 10.1. The summed E-state index contributed by atoms with van der Waals surface area (Å²) in [6.45, 7) is 2.93. The van der Waals surface area contributed by atoms with Crippen LogP contribution in [0.15, 0.2) is 63.4 Å². The molecule has 32 heavy (non-hydrogen) atoms.